The first-order valence-corrected chi connectivity index (χ1v) is 6.93. The first-order chi connectivity index (χ1) is 9.19. The molecule has 0 aromatic heterocycles. The maximum Gasteiger partial charge on any atom is 0.122 e. The van der Waals surface area contributed by atoms with Crippen LogP contribution < -0.4 is 10.5 Å². The maximum absolute atomic E-state index is 5.88. The SMILES string of the molecule is Cc1ccc(C)c(OCCN2CCOC(CN)C2)c1. The Kier molecular flexibility index (Phi) is 5.19. The summed E-state index contributed by atoms with van der Waals surface area (Å²) in [6.07, 6.45) is 0.175. The van der Waals surface area contributed by atoms with E-state index in [1.165, 1.54) is 11.1 Å². The maximum atomic E-state index is 5.88. The van der Waals surface area contributed by atoms with Crippen LogP contribution in [0.5, 0.6) is 5.75 Å². The third-order valence-corrected chi connectivity index (χ3v) is 3.49. The second-order valence-corrected chi connectivity index (χ2v) is 5.15. The molecule has 0 bridgehead atoms. The minimum atomic E-state index is 0.175. The lowest BCUT2D eigenvalue weighted by atomic mass is 10.1. The number of nitrogens with two attached hydrogens (primary N) is 1. The number of aryl methyl sites for hydroxylation is 2. The van der Waals surface area contributed by atoms with E-state index in [4.69, 9.17) is 15.2 Å². The molecule has 0 radical (unpaired) electrons. The predicted molar refractivity (Wildman–Crippen MR) is 76.6 cm³/mol. The molecule has 19 heavy (non-hydrogen) atoms. The van der Waals surface area contributed by atoms with Crippen molar-refractivity contribution in [2.24, 2.45) is 5.73 Å². The Balaban J connectivity index is 1.78. The number of benzene rings is 1. The minimum Gasteiger partial charge on any atom is -0.492 e. The molecule has 2 N–H and O–H groups in total. The van der Waals surface area contributed by atoms with Crippen molar-refractivity contribution in [1.29, 1.82) is 0 Å². The smallest absolute Gasteiger partial charge is 0.122 e. The molecule has 0 aliphatic carbocycles. The molecule has 1 aliphatic rings. The van der Waals surface area contributed by atoms with E-state index in [-0.39, 0.29) is 6.10 Å². The average molecular weight is 264 g/mol. The van der Waals surface area contributed by atoms with Crippen LogP contribution >= 0.6 is 0 Å². The van der Waals surface area contributed by atoms with Gasteiger partial charge in [-0.15, -0.1) is 0 Å². The van der Waals surface area contributed by atoms with Gasteiger partial charge < -0.3 is 15.2 Å². The normalized spacial score (nSPS) is 20.5. The molecule has 4 heteroatoms. The van der Waals surface area contributed by atoms with Crippen molar-refractivity contribution in [3.05, 3.63) is 29.3 Å². The summed E-state index contributed by atoms with van der Waals surface area (Å²) in [6.45, 7) is 9.03. The summed E-state index contributed by atoms with van der Waals surface area (Å²) in [6, 6.07) is 6.30. The van der Waals surface area contributed by atoms with Gasteiger partial charge in [-0.1, -0.05) is 12.1 Å². The van der Waals surface area contributed by atoms with Crippen LogP contribution in [0.25, 0.3) is 0 Å². The zero-order chi connectivity index (χ0) is 13.7. The van der Waals surface area contributed by atoms with Crippen LogP contribution in [0.15, 0.2) is 18.2 Å². The lowest BCUT2D eigenvalue weighted by molar-refractivity contribution is -0.0261. The largest absolute Gasteiger partial charge is 0.492 e. The molecule has 0 amide bonds. The number of nitrogens with zero attached hydrogens (tertiary/aromatic N) is 1. The number of rotatable bonds is 5. The molecule has 1 aromatic carbocycles. The van der Waals surface area contributed by atoms with Crippen LogP contribution in [0.1, 0.15) is 11.1 Å². The van der Waals surface area contributed by atoms with Crippen molar-refractivity contribution in [2.45, 2.75) is 20.0 Å². The first kappa shape index (κ1) is 14.3. The highest BCUT2D eigenvalue weighted by Crippen LogP contribution is 2.19. The van der Waals surface area contributed by atoms with Crippen molar-refractivity contribution in [2.75, 3.05) is 39.4 Å². The van der Waals surface area contributed by atoms with E-state index in [0.29, 0.717) is 13.2 Å². The van der Waals surface area contributed by atoms with Gasteiger partial charge >= 0.3 is 0 Å². The topological polar surface area (TPSA) is 47.7 Å². The molecular formula is C15H24N2O2. The first-order valence-electron chi connectivity index (χ1n) is 6.93. The van der Waals surface area contributed by atoms with Gasteiger partial charge in [0.15, 0.2) is 0 Å². The highest BCUT2D eigenvalue weighted by Gasteiger charge is 2.18. The van der Waals surface area contributed by atoms with Crippen molar-refractivity contribution >= 4 is 0 Å². The molecule has 106 valence electrons. The van der Waals surface area contributed by atoms with Crippen LogP contribution in [-0.4, -0.2) is 50.4 Å². The molecule has 4 nitrogen and oxygen atoms in total. The van der Waals surface area contributed by atoms with E-state index in [1.54, 1.807) is 0 Å². The Morgan fingerprint density at radius 1 is 1.42 bits per heavy atom. The highest BCUT2D eigenvalue weighted by atomic mass is 16.5. The fourth-order valence-electron chi connectivity index (χ4n) is 2.27. The summed E-state index contributed by atoms with van der Waals surface area (Å²) in [5, 5.41) is 0. The van der Waals surface area contributed by atoms with Gasteiger partial charge in [-0.3, -0.25) is 4.90 Å². The lowest BCUT2D eigenvalue weighted by Crippen LogP contribution is -2.46. The molecule has 1 saturated heterocycles. The van der Waals surface area contributed by atoms with Crippen LogP contribution in [0.4, 0.5) is 0 Å². The molecule has 1 aromatic rings. The standard InChI is InChI=1S/C15H24N2O2/c1-12-3-4-13(2)15(9-12)19-8-6-17-5-7-18-14(10-16)11-17/h3-4,9,14H,5-8,10-11,16H2,1-2H3. The zero-order valence-corrected chi connectivity index (χ0v) is 11.9. The third-order valence-electron chi connectivity index (χ3n) is 3.49. The second kappa shape index (κ2) is 6.89. The molecular weight excluding hydrogens is 240 g/mol. The van der Waals surface area contributed by atoms with E-state index in [9.17, 15) is 0 Å². The average Bonchev–Trinajstić information content (AvgIpc) is 2.43. The van der Waals surface area contributed by atoms with Gasteiger partial charge in [-0.05, 0) is 31.0 Å². The van der Waals surface area contributed by atoms with E-state index >= 15 is 0 Å². The quantitative estimate of drug-likeness (QED) is 0.872. The number of morpholine rings is 1. The molecule has 1 atom stereocenters. The molecule has 0 saturated carbocycles. The van der Waals surface area contributed by atoms with Crippen LogP contribution in [0.2, 0.25) is 0 Å². The summed E-state index contributed by atoms with van der Waals surface area (Å²) >= 11 is 0. The second-order valence-electron chi connectivity index (χ2n) is 5.15. The molecule has 1 heterocycles. The Morgan fingerprint density at radius 3 is 3.05 bits per heavy atom. The summed E-state index contributed by atoms with van der Waals surface area (Å²) in [5.74, 6) is 0.989. The minimum absolute atomic E-state index is 0.175. The van der Waals surface area contributed by atoms with E-state index in [2.05, 4.69) is 36.9 Å². The van der Waals surface area contributed by atoms with E-state index < -0.39 is 0 Å². The molecule has 2 rings (SSSR count). The number of hydrogen-bond donors (Lipinski definition) is 1. The van der Waals surface area contributed by atoms with E-state index in [0.717, 1.165) is 32.0 Å². The van der Waals surface area contributed by atoms with Gasteiger partial charge in [0.25, 0.3) is 0 Å². The third kappa shape index (κ3) is 4.20. The summed E-state index contributed by atoms with van der Waals surface area (Å²) in [4.78, 5) is 2.35. The fourth-order valence-corrected chi connectivity index (χ4v) is 2.27. The van der Waals surface area contributed by atoms with Gasteiger partial charge in [0, 0.05) is 26.2 Å². The van der Waals surface area contributed by atoms with Gasteiger partial charge in [0.2, 0.25) is 0 Å². The van der Waals surface area contributed by atoms with Gasteiger partial charge in [0.05, 0.1) is 12.7 Å². The predicted octanol–water partition coefficient (Wildman–Crippen LogP) is 1.34. The van der Waals surface area contributed by atoms with Crippen LogP contribution in [0.3, 0.4) is 0 Å². The Hall–Kier alpha value is -1.10. The Bertz CT molecular complexity index is 409. The lowest BCUT2D eigenvalue weighted by Gasteiger charge is -2.32. The summed E-state index contributed by atoms with van der Waals surface area (Å²) < 4.78 is 11.4. The fraction of sp³-hybridized carbons (Fsp3) is 0.600. The molecule has 1 fully saturated rings. The molecule has 1 aliphatic heterocycles. The van der Waals surface area contributed by atoms with Crippen molar-refractivity contribution in [3.63, 3.8) is 0 Å². The highest BCUT2D eigenvalue weighted by molar-refractivity contribution is 5.35. The van der Waals surface area contributed by atoms with Gasteiger partial charge in [-0.2, -0.15) is 0 Å². The number of ether oxygens (including phenoxy) is 2. The Labute approximate surface area is 115 Å². The van der Waals surface area contributed by atoms with Gasteiger partial charge in [-0.25, -0.2) is 0 Å². The monoisotopic (exact) mass is 264 g/mol. The molecule has 1 unspecified atom stereocenters. The summed E-state index contributed by atoms with van der Waals surface area (Å²) in [7, 11) is 0. The van der Waals surface area contributed by atoms with E-state index in [1.807, 2.05) is 0 Å². The molecule has 0 spiro atoms. The van der Waals surface area contributed by atoms with Crippen molar-refractivity contribution < 1.29 is 9.47 Å². The van der Waals surface area contributed by atoms with Crippen molar-refractivity contribution in [3.8, 4) is 5.75 Å². The van der Waals surface area contributed by atoms with Crippen LogP contribution in [0, 0.1) is 13.8 Å². The van der Waals surface area contributed by atoms with Crippen molar-refractivity contribution in [1.82, 2.24) is 4.90 Å². The Morgan fingerprint density at radius 2 is 2.26 bits per heavy atom. The zero-order valence-electron chi connectivity index (χ0n) is 11.9. The van der Waals surface area contributed by atoms with Crippen LogP contribution in [-0.2, 0) is 4.74 Å². The van der Waals surface area contributed by atoms with Gasteiger partial charge in [0.1, 0.15) is 12.4 Å². The number of hydrogen-bond acceptors (Lipinski definition) is 4. The summed E-state index contributed by atoms with van der Waals surface area (Å²) in [5.41, 5.74) is 8.06.